The summed E-state index contributed by atoms with van der Waals surface area (Å²) in [6.07, 6.45) is 7.25. The fourth-order valence-corrected chi connectivity index (χ4v) is 5.95. The third-order valence-electron chi connectivity index (χ3n) is 8.59. The average molecular weight is 628 g/mol. The molecule has 0 bridgehead atoms. The number of benzene rings is 1. The second-order valence-electron chi connectivity index (χ2n) is 12.2. The second-order valence-corrected chi connectivity index (χ2v) is 12.2. The third kappa shape index (κ3) is 9.82. The molecular weight excluding hydrogens is 581 g/mol. The molecule has 4 amide bonds. The van der Waals surface area contributed by atoms with Crippen molar-refractivity contribution in [3.05, 3.63) is 40.3 Å². The monoisotopic (exact) mass is 627 g/mol. The van der Waals surface area contributed by atoms with Crippen molar-refractivity contribution in [1.82, 2.24) is 21.0 Å². The minimum atomic E-state index is -1.72. The van der Waals surface area contributed by atoms with Gasteiger partial charge in [0.25, 0.3) is 11.8 Å². The molecule has 2 unspecified atom stereocenters. The SMILES string of the molecule is CC(C)C1CC1(NC(=O)[C@H](CCCN=C(N)NN=O)NC(=O)CCCCCCCCCN1C(=O)c2ccccc2C1=O)B(O)O. The maximum atomic E-state index is 13.2. The molecule has 1 saturated carbocycles. The zero-order valence-electron chi connectivity index (χ0n) is 26.2. The van der Waals surface area contributed by atoms with Gasteiger partial charge in [0.05, 0.1) is 21.9 Å². The van der Waals surface area contributed by atoms with E-state index in [9.17, 15) is 34.1 Å². The first-order valence-corrected chi connectivity index (χ1v) is 15.8. The Morgan fingerprint density at radius 3 is 2.18 bits per heavy atom. The molecule has 1 fully saturated rings. The fraction of sp³-hybridized carbons (Fsp3) is 0.633. The average Bonchev–Trinajstić information content (AvgIpc) is 3.69. The van der Waals surface area contributed by atoms with Crippen LogP contribution in [0.1, 0.15) is 105 Å². The third-order valence-corrected chi connectivity index (χ3v) is 8.59. The van der Waals surface area contributed by atoms with E-state index in [2.05, 4.69) is 20.9 Å². The van der Waals surface area contributed by atoms with Gasteiger partial charge in [0.2, 0.25) is 17.8 Å². The van der Waals surface area contributed by atoms with Gasteiger partial charge in [-0.3, -0.25) is 29.1 Å². The zero-order chi connectivity index (χ0) is 33.0. The molecule has 1 aromatic rings. The van der Waals surface area contributed by atoms with Crippen LogP contribution in [0.15, 0.2) is 34.5 Å². The number of carbonyl (C=O) groups excluding carboxylic acids is 4. The van der Waals surface area contributed by atoms with Crippen molar-refractivity contribution in [3.63, 3.8) is 0 Å². The van der Waals surface area contributed by atoms with Gasteiger partial charge in [-0.25, -0.2) is 5.43 Å². The predicted octanol–water partition coefficient (Wildman–Crippen LogP) is 1.80. The van der Waals surface area contributed by atoms with Crippen LogP contribution >= 0.6 is 0 Å². The highest BCUT2D eigenvalue weighted by molar-refractivity contribution is 6.47. The van der Waals surface area contributed by atoms with Crippen LogP contribution < -0.4 is 21.8 Å². The first-order valence-electron chi connectivity index (χ1n) is 15.8. The van der Waals surface area contributed by atoms with Gasteiger partial charge in [-0.15, -0.1) is 4.91 Å². The van der Waals surface area contributed by atoms with E-state index in [-0.39, 0.29) is 54.9 Å². The number of nitroso groups, excluding NO2 is 1. The van der Waals surface area contributed by atoms with E-state index in [1.165, 1.54) is 4.90 Å². The van der Waals surface area contributed by atoms with Gasteiger partial charge in [-0.05, 0) is 56.1 Å². The van der Waals surface area contributed by atoms with Gasteiger partial charge in [-0.1, -0.05) is 58.1 Å². The number of hydrogen-bond acceptors (Lipinski definition) is 9. The lowest BCUT2D eigenvalue weighted by atomic mass is 9.72. The first-order chi connectivity index (χ1) is 21.5. The molecule has 7 N–H and O–H groups in total. The lowest BCUT2D eigenvalue weighted by molar-refractivity contribution is -0.129. The van der Waals surface area contributed by atoms with E-state index in [1.807, 2.05) is 19.3 Å². The van der Waals surface area contributed by atoms with Crippen molar-refractivity contribution in [2.24, 2.45) is 27.8 Å². The van der Waals surface area contributed by atoms with Crippen LogP contribution in [-0.2, 0) is 9.59 Å². The molecule has 0 saturated heterocycles. The number of carbonyl (C=O) groups is 4. The minimum absolute atomic E-state index is 0.0912. The summed E-state index contributed by atoms with van der Waals surface area (Å²) in [5.41, 5.74) is 7.27. The summed E-state index contributed by atoms with van der Waals surface area (Å²) in [6.45, 7) is 4.49. The Morgan fingerprint density at radius 2 is 1.62 bits per heavy atom. The molecule has 0 spiro atoms. The van der Waals surface area contributed by atoms with Crippen LogP contribution in [-0.4, -0.2) is 76.2 Å². The Hall–Kier alpha value is -3.85. The Kier molecular flexibility index (Phi) is 13.5. The number of nitrogens with two attached hydrogens (primary N) is 1. The number of hydrogen-bond donors (Lipinski definition) is 6. The summed E-state index contributed by atoms with van der Waals surface area (Å²) in [7, 11) is -1.72. The van der Waals surface area contributed by atoms with Crippen LogP contribution in [0, 0.1) is 16.7 Å². The van der Waals surface area contributed by atoms with Crippen molar-refractivity contribution in [2.45, 2.75) is 96.0 Å². The van der Waals surface area contributed by atoms with E-state index in [1.54, 1.807) is 24.3 Å². The molecule has 15 heteroatoms. The van der Waals surface area contributed by atoms with Gasteiger partial charge < -0.3 is 26.4 Å². The molecular formula is C30H46BN7O7. The van der Waals surface area contributed by atoms with Crippen molar-refractivity contribution < 1.29 is 29.2 Å². The number of nitrogens with zero attached hydrogens (tertiary/aromatic N) is 3. The molecule has 0 radical (unpaired) electrons. The largest absolute Gasteiger partial charge is 0.479 e. The van der Waals surface area contributed by atoms with Gasteiger partial charge >= 0.3 is 7.12 Å². The molecule has 0 aromatic heterocycles. The Bertz CT molecular complexity index is 1210. The number of rotatable bonds is 20. The molecule has 1 aliphatic heterocycles. The maximum absolute atomic E-state index is 13.2. The Labute approximate surface area is 264 Å². The van der Waals surface area contributed by atoms with Crippen LogP contribution in [0.2, 0.25) is 0 Å². The number of imide groups is 1. The topological polar surface area (TPSA) is 216 Å². The van der Waals surface area contributed by atoms with Crippen LogP contribution in [0.5, 0.6) is 0 Å². The van der Waals surface area contributed by atoms with Gasteiger partial charge in [-0.2, -0.15) is 0 Å². The van der Waals surface area contributed by atoms with E-state index in [0.717, 1.165) is 38.5 Å². The molecule has 2 aliphatic rings. The van der Waals surface area contributed by atoms with Crippen molar-refractivity contribution in [1.29, 1.82) is 0 Å². The highest BCUT2D eigenvalue weighted by Crippen LogP contribution is 2.49. The lowest BCUT2D eigenvalue weighted by Crippen LogP contribution is -2.57. The number of amides is 4. The molecule has 3 rings (SSSR count). The molecule has 246 valence electrons. The predicted molar refractivity (Wildman–Crippen MR) is 169 cm³/mol. The van der Waals surface area contributed by atoms with Crippen molar-refractivity contribution in [3.8, 4) is 0 Å². The standard InChI is InChI=1S/C30H46BN7O7/c1-20(2)23-19-30(23,31(43)44)35-26(40)24(15-12-17-33-29(32)36-37-45)34-25(39)16-8-6-4-3-5-7-11-18-38-27(41)21-13-9-10-14-22(21)28(38)42/h9-10,13-14,20,23-24,43-44H,3-8,11-12,15-19H2,1-2H3,(H,34,39)(H,35,40)(H3,32,33,36,45)/t23?,24-,30?/m0/s1. The Morgan fingerprint density at radius 1 is 1.02 bits per heavy atom. The van der Waals surface area contributed by atoms with E-state index in [4.69, 9.17) is 5.73 Å². The number of nitrogens with one attached hydrogen (secondary N) is 3. The van der Waals surface area contributed by atoms with E-state index < -0.39 is 24.5 Å². The highest BCUT2D eigenvalue weighted by Gasteiger charge is 2.64. The van der Waals surface area contributed by atoms with Crippen LogP contribution in [0.25, 0.3) is 0 Å². The van der Waals surface area contributed by atoms with E-state index >= 15 is 0 Å². The summed E-state index contributed by atoms with van der Waals surface area (Å²) in [5.74, 6) is -1.34. The zero-order valence-corrected chi connectivity index (χ0v) is 26.2. The number of aliphatic imine (C=N–C) groups is 1. The summed E-state index contributed by atoms with van der Waals surface area (Å²) in [5, 5.41) is 28.0. The fourth-order valence-electron chi connectivity index (χ4n) is 5.95. The lowest BCUT2D eigenvalue weighted by Gasteiger charge is -2.24. The van der Waals surface area contributed by atoms with Crippen LogP contribution in [0.4, 0.5) is 0 Å². The molecule has 3 atom stereocenters. The smallest absolute Gasteiger partial charge is 0.426 e. The highest BCUT2D eigenvalue weighted by atomic mass is 16.4. The van der Waals surface area contributed by atoms with Crippen molar-refractivity contribution >= 4 is 36.7 Å². The van der Waals surface area contributed by atoms with Crippen LogP contribution in [0.3, 0.4) is 0 Å². The summed E-state index contributed by atoms with van der Waals surface area (Å²) in [6, 6.07) is 5.97. The quantitative estimate of drug-likeness (QED) is 0.0236. The summed E-state index contributed by atoms with van der Waals surface area (Å²) in [4.78, 5) is 66.3. The molecule has 45 heavy (non-hydrogen) atoms. The van der Waals surface area contributed by atoms with Gasteiger partial charge in [0.15, 0.2) is 0 Å². The van der Waals surface area contributed by atoms with Gasteiger partial charge in [0, 0.05) is 19.5 Å². The number of unbranched alkanes of at least 4 members (excludes halogenated alkanes) is 6. The minimum Gasteiger partial charge on any atom is -0.426 e. The summed E-state index contributed by atoms with van der Waals surface area (Å²) >= 11 is 0. The number of fused-ring (bicyclic) bond motifs is 1. The van der Waals surface area contributed by atoms with E-state index in [0.29, 0.717) is 36.9 Å². The second kappa shape index (κ2) is 17.0. The molecule has 1 aliphatic carbocycles. The molecule has 1 aromatic carbocycles. The molecule has 14 nitrogen and oxygen atoms in total. The van der Waals surface area contributed by atoms with Crippen molar-refractivity contribution in [2.75, 3.05) is 13.1 Å². The maximum Gasteiger partial charge on any atom is 0.479 e. The molecule has 1 heterocycles. The van der Waals surface area contributed by atoms with Gasteiger partial charge in [0.1, 0.15) is 6.04 Å². The first kappa shape index (κ1) is 35.6. The normalized spacial score (nSPS) is 19.7. The summed E-state index contributed by atoms with van der Waals surface area (Å²) < 4.78 is 0. The Balaban J connectivity index is 1.36. The number of guanidine groups is 1.